The van der Waals surface area contributed by atoms with Crippen molar-refractivity contribution in [2.45, 2.75) is 4.90 Å². The second kappa shape index (κ2) is 4.25. The fourth-order valence-electron chi connectivity index (χ4n) is 0.658. The molecule has 0 saturated heterocycles. The van der Waals surface area contributed by atoms with Crippen LogP contribution in [0.3, 0.4) is 0 Å². The summed E-state index contributed by atoms with van der Waals surface area (Å²) in [6, 6.07) is 5.70. The van der Waals surface area contributed by atoms with Gasteiger partial charge in [0.15, 0.2) is 0 Å². The molecule has 6 heteroatoms. The number of rotatable bonds is 1. The number of hydrogen-bond acceptors (Lipinski definition) is 3. The first-order valence-electron chi connectivity index (χ1n) is 2.88. The molecule has 12 heavy (non-hydrogen) atoms. The molecule has 1 aromatic rings. The van der Waals surface area contributed by atoms with Crippen LogP contribution in [0.2, 0.25) is 0 Å². The van der Waals surface area contributed by atoms with Crippen LogP contribution in [-0.4, -0.2) is 38.0 Å². The van der Waals surface area contributed by atoms with Gasteiger partial charge in [-0.15, -0.1) is 0 Å². The fourth-order valence-corrected chi connectivity index (χ4v) is 1.17. The molecule has 4 nitrogen and oxygen atoms in total. The summed E-state index contributed by atoms with van der Waals surface area (Å²) in [4.78, 5) is 0.0756. The van der Waals surface area contributed by atoms with Crippen molar-refractivity contribution in [3.05, 3.63) is 24.3 Å². The molecule has 1 rings (SSSR count). The maximum atomic E-state index is 10.7. The molecule has 0 aliphatic heterocycles. The van der Waals surface area contributed by atoms with Crippen LogP contribution >= 0.6 is 0 Å². The second-order valence-corrected chi connectivity index (χ2v) is 3.68. The first-order chi connectivity index (χ1) is 5.00. The zero-order valence-electron chi connectivity index (χ0n) is 5.69. The van der Waals surface area contributed by atoms with Crippen LogP contribution in [-0.2, 0) is 10.0 Å². The van der Waals surface area contributed by atoms with E-state index in [1.54, 1.807) is 0 Å². The molecule has 4 N–H and O–H groups in total. The van der Waals surface area contributed by atoms with Crippen molar-refractivity contribution in [2.24, 2.45) is 5.14 Å². The number of benzene rings is 1. The van der Waals surface area contributed by atoms with Crippen LogP contribution < -0.4 is 10.9 Å². The minimum absolute atomic E-state index is 0. The summed E-state index contributed by atoms with van der Waals surface area (Å²) >= 11 is 0. The topological polar surface area (TPSA) is 86.2 Å². The standard InChI is InChI=1S/C6H8N2O2S.Na.H/c7-5-1-3-6(4-2-5)11(8,9)10;;/h1-4H,7H2,(H2,8,9,10);;. The Hall–Kier alpha value is -0.0700. The van der Waals surface area contributed by atoms with Crippen LogP contribution in [0, 0.1) is 0 Å². The van der Waals surface area contributed by atoms with Gasteiger partial charge in [0.1, 0.15) is 0 Å². The van der Waals surface area contributed by atoms with E-state index in [1.807, 2.05) is 0 Å². The van der Waals surface area contributed by atoms with E-state index in [0.717, 1.165) is 0 Å². The average molecular weight is 196 g/mol. The van der Waals surface area contributed by atoms with Gasteiger partial charge in [-0.2, -0.15) is 0 Å². The number of anilines is 1. The molecule has 0 atom stereocenters. The zero-order chi connectivity index (χ0) is 8.48. The summed E-state index contributed by atoms with van der Waals surface area (Å²) in [6.07, 6.45) is 0. The third-order valence-electron chi connectivity index (χ3n) is 1.21. The summed E-state index contributed by atoms with van der Waals surface area (Å²) in [7, 11) is -3.58. The Balaban J connectivity index is 0.00000121. The Morgan fingerprint density at radius 1 is 1.08 bits per heavy atom. The monoisotopic (exact) mass is 196 g/mol. The number of nitrogen functional groups attached to an aromatic ring is 1. The molecule has 0 aliphatic rings. The number of sulfonamides is 1. The molecule has 0 spiro atoms. The van der Waals surface area contributed by atoms with E-state index >= 15 is 0 Å². The maximum absolute atomic E-state index is 10.7. The Labute approximate surface area is 93.3 Å². The van der Waals surface area contributed by atoms with E-state index in [2.05, 4.69) is 0 Å². The second-order valence-electron chi connectivity index (χ2n) is 2.11. The third kappa shape index (κ3) is 3.12. The molecule has 0 aliphatic carbocycles. The number of nitrogens with two attached hydrogens (primary N) is 2. The van der Waals surface area contributed by atoms with Gasteiger partial charge < -0.3 is 5.73 Å². The molecule has 0 fully saturated rings. The Bertz CT molecular complexity index is 346. The van der Waals surface area contributed by atoms with E-state index < -0.39 is 10.0 Å². The van der Waals surface area contributed by atoms with E-state index in [4.69, 9.17) is 10.9 Å². The van der Waals surface area contributed by atoms with E-state index in [1.165, 1.54) is 24.3 Å². The first-order valence-corrected chi connectivity index (χ1v) is 4.43. The van der Waals surface area contributed by atoms with Crippen molar-refractivity contribution >= 4 is 45.3 Å². The van der Waals surface area contributed by atoms with Crippen molar-refractivity contribution < 1.29 is 8.42 Å². The number of hydrogen-bond donors (Lipinski definition) is 2. The molecule has 0 bridgehead atoms. The van der Waals surface area contributed by atoms with E-state index in [9.17, 15) is 8.42 Å². The van der Waals surface area contributed by atoms with Crippen molar-refractivity contribution in [1.82, 2.24) is 0 Å². The Kier molecular flexibility index (Phi) is 4.22. The van der Waals surface area contributed by atoms with Gasteiger partial charge in [0, 0.05) is 5.69 Å². The van der Waals surface area contributed by atoms with Gasteiger partial charge in [0.25, 0.3) is 0 Å². The van der Waals surface area contributed by atoms with Crippen molar-refractivity contribution in [2.75, 3.05) is 5.73 Å². The van der Waals surface area contributed by atoms with Gasteiger partial charge in [-0.25, -0.2) is 13.6 Å². The first kappa shape index (κ1) is 11.9. The van der Waals surface area contributed by atoms with Crippen LogP contribution in [0.25, 0.3) is 0 Å². The van der Waals surface area contributed by atoms with Crippen LogP contribution in [0.4, 0.5) is 5.69 Å². The Morgan fingerprint density at radius 3 is 1.83 bits per heavy atom. The predicted octanol–water partition coefficient (Wildman–Crippen LogP) is -0.732. The quantitative estimate of drug-likeness (QED) is 0.458. The van der Waals surface area contributed by atoms with Gasteiger partial charge in [-0.05, 0) is 24.3 Å². The molecule has 62 valence electrons. The van der Waals surface area contributed by atoms with E-state index in [-0.39, 0.29) is 34.5 Å². The van der Waals surface area contributed by atoms with Crippen molar-refractivity contribution in [3.8, 4) is 0 Å². The zero-order valence-corrected chi connectivity index (χ0v) is 6.51. The fraction of sp³-hybridized carbons (Fsp3) is 0. The van der Waals surface area contributed by atoms with Crippen LogP contribution in [0.5, 0.6) is 0 Å². The van der Waals surface area contributed by atoms with Gasteiger partial charge in [-0.1, -0.05) is 0 Å². The van der Waals surface area contributed by atoms with Gasteiger partial charge in [-0.3, -0.25) is 0 Å². The molecule has 1 aromatic carbocycles. The Morgan fingerprint density at radius 2 is 1.50 bits per heavy atom. The molecular weight excluding hydrogens is 187 g/mol. The number of primary sulfonamides is 1. The third-order valence-corrected chi connectivity index (χ3v) is 2.14. The van der Waals surface area contributed by atoms with Crippen LogP contribution in [0.15, 0.2) is 29.2 Å². The van der Waals surface area contributed by atoms with Crippen LogP contribution in [0.1, 0.15) is 0 Å². The molecule has 0 unspecified atom stereocenters. The van der Waals surface area contributed by atoms with Gasteiger partial charge in [0.2, 0.25) is 10.0 Å². The molecule has 0 heterocycles. The predicted molar refractivity (Wildman–Crippen MR) is 49.4 cm³/mol. The summed E-state index contributed by atoms with van der Waals surface area (Å²) < 4.78 is 21.4. The molecular formula is C6H9N2NaO2S. The van der Waals surface area contributed by atoms with Gasteiger partial charge >= 0.3 is 29.6 Å². The molecule has 0 aromatic heterocycles. The van der Waals surface area contributed by atoms with Crippen molar-refractivity contribution in [1.29, 1.82) is 0 Å². The minimum atomic E-state index is -3.58. The molecule has 0 radical (unpaired) electrons. The SMILES string of the molecule is Nc1ccc(S(N)(=O)=O)cc1.[NaH]. The van der Waals surface area contributed by atoms with Crippen molar-refractivity contribution in [3.63, 3.8) is 0 Å². The molecule has 0 amide bonds. The summed E-state index contributed by atoms with van der Waals surface area (Å²) in [6.45, 7) is 0. The molecule has 0 saturated carbocycles. The summed E-state index contributed by atoms with van der Waals surface area (Å²) in [5.74, 6) is 0. The average Bonchev–Trinajstić information content (AvgIpc) is 1.86. The summed E-state index contributed by atoms with van der Waals surface area (Å²) in [5, 5.41) is 4.84. The van der Waals surface area contributed by atoms with E-state index in [0.29, 0.717) is 5.69 Å². The summed E-state index contributed by atoms with van der Waals surface area (Å²) in [5.41, 5.74) is 5.85. The van der Waals surface area contributed by atoms with Gasteiger partial charge in [0.05, 0.1) is 4.90 Å². The normalized spacial score (nSPS) is 10.4.